The van der Waals surface area contributed by atoms with E-state index < -0.39 is 34.9 Å². The van der Waals surface area contributed by atoms with Crippen molar-refractivity contribution in [2.75, 3.05) is 19.7 Å². The van der Waals surface area contributed by atoms with Crippen LogP contribution in [0.25, 0.3) is 0 Å². The molecule has 0 saturated carbocycles. The maximum atomic E-state index is 13.0. The topological polar surface area (TPSA) is 111 Å². The lowest BCUT2D eigenvalue weighted by atomic mass is 10.0. The van der Waals surface area contributed by atoms with Crippen molar-refractivity contribution in [1.29, 1.82) is 5.26 Å². The Morgan fingerprint density at radius 3 is 2.46 bits per heavy atom. The van der Waals surface area contributed by atoms with E-state index in [0.717, 1.165) is 4.31 Å². The maximum absolute atomic E-state index is 13.0. The maximum Gasteiger partial charge on any atom is 0.244 e. The van der Waals surface area contributed by atoms with Gasteiger partial charge in [-0.2, -0.15) is 9.57 Å². The first-order valence-electron chi connectivity index (χ1n) is 8.15. The van der Waals surface area contributed by atoms with Crippen molar-refractivity contribution < 1.29 is 23.4 Å². The summed E-state index contributed by atoms with van der Waals surface area (Å²) >= 11 is 11.7. The summed E-state index contributed by atoms with van der Waals surface area (Å²) in [5.41, 5.74) is -1.92. The van der Waals surface area contributed by atoms with E-state index in [4.69, 9.17) is 27.9 Å². The lowest BCUT2D eigenvalue weighted by Crippen LogP contribution is -2.48. The smallest absolute Gasteiger partial charge is 0.244 e. The van der Waals surface area contributed by atoms with Gasteiger partial charge in [0.15, 0.2) is 0 Å². The van der Waals surface area contributed by atoms with E-state index in [0.29, 0.717) is 10.8 Å². The molecule has 1 aliphatic rings. The number of β-amino-alcohol motifs (C(OH)–C–C–N with tert-alkyl or cyclic N) is 1. The van der Waals surface area contributed by atoms with Gasteiger partial charge in [-0.15, -0.1) is 0 Å². The average molecular weight is 443 g/mol. The van der Waals surface area contributed by atoms with Crippen molar-refractivity contribution in [2.45, 2.75) is 16.6 Å². The van der Waals surface area contributed by atoms with E-state index in [2.05, 4.69) is 0 Å². The van der Waals surface area contributed by atoms with E-state index in [1.807, 2.05) is 6.07 Å². The summed E-state index contributed by atoms with van der Waals surface area (Å²) in [6.07, 6.45) is -1.02. The molecule has 0 aromatic heterocycles. The van der Waals surface area contributed by atoms with Gasteiger partial charge in [-0.1, -0.05) is 23.2 Å². The first kappa shape index (κ1) is 20.9. The summed E-state index contributed by atoms with van der Waals surface area (Å²) in [6, 6.07) is 12.0. The molecule has 7 nitrogen and oxygen atoms in total. The summed E-state index contributed by atoms with van der Waals surface area (Å²) < 4.78 is 32.8. The summed E-state index contributed by atoms with van der Waals surface area (Å²) in [5.74, 6) is 0.365. The van der Waals surface area contributed by atoms with E-state index in [9.17, 15) is 23.9 Å². The minimum Gasteiger partial charge on any atom is -0.486 e. The van der Waals surface area contributed by atoms with Crippen LogP contribution in [0.5, 0.6) is 5.75 Å². The molecule has 0 radical (unpaired) electrons. The van der Waals surface area contributed by atoms with Crippen molar-refractivity contribution in [2.24, 2.45) is 0 Å². The second-order valence-electron chi connectivity index (χ2n) is 6.37. The molecule has 0 spiro atoms. The number of halogens is 2. The normalized spacial score (nSPS) is 22.8. The second-order valence-corrected chi connectivity index (χ2v) is 9.15. The Kier molecular flexibility index (Phi) is 5.87. The number of aliphatic hydroxyl groups excluding tert-OH is 1. The minimum atomic E-state index is -4.13. The van der Waals surface area contributed by atoms with Crippen LogP contribution in [0.4, 0.5) is 0 Å². The molecule has 1 aliphatic heterocycles. The predicted octanol–water partition coefficient (Wildman–Crippen LogP) is 2.04. The van der Waals surface area contributed by atoms with E-state index in [1.165, 1.54) is 18.2 Å². The fourth-order valence-electron chi connectivity index (χ4n) is 2.94. The molecule has 1 heterocycles. The van der Waals surface area contributed by atoms with Gasteiger partial charge in [0.2, 0.25) is 10.0 Å². The standard InChI is InChI=1S/C18H16Cl2N2O5S/c19-13-1-4-15(5-2-13)27-17-9-22(10-18(17,24)11-23)28(25,26)16-6-3-14(20)7-12(16)8-21/h1-7,17,23-24H,9-11H2/t17-,18+/m0/s1. The van der Waals surface area contributed by atoms with Gasteiger partial charge in [-0.05, 0) is 42.5 Å². The number of benzene rings is 2. The van der Waals surface area contributed by atoms with Crippen LogP contribution in [0, 0.1) is 11.3 Å². The third-order valence-corrected chi connectivity index (χ3v) is 6.82. The minimum absolute atomic E-state index is 0.109. The number of sulfonamides is 1. The van der Waals surface area contributed by atoms with E-state index in [-0.39, 0.29) is 22.0 Å². The van der Waals surface area contributed by atoms with Crippen molar-refractivity contribution in [3.05, 3.63) is 58.1 Å². The van der Waals surface area contributed by atoms with Crippen LogP contribution < -0.4 is 4.74 Å². The molecule has 2 atom stereocenters. The van der Waals surface area contributed by atoms with Gasteiger partial charge in [-0.25, -0.2) is 8.42 Å². The Labute approximate surface area is 172 Å². The summed E-state index contributed by atoms with van der Waals surface area (Å²) in [7, 11) is -4.13. The summed E-state index contributed by atoms with van der Waals surface area (Å²) in [5, 5.41) is 30.4. The van der Waals surface area contributed by atoms with Gasteiger partial charge in [0.25, 0.3) is 0 Å². The van der Waals surface area contributed by atoms with Crippen LogP contribution >= 0.6 is 23.2 Å². The van der Waals surface area contributed by atoms with Crippen LogP contribution in [-0.4, -0.2) is 54.3 Å². The first-order valence-corrected chi connectivity index (χ1v) is 10.3. The molecule has 0 unspecified atom stereocenters. The Hall–Kier alpha value is -1.86. The Morgan fingerprint density at radius 1 is 1.21 bits per heavy atom. The van der Waals surface area contributed by atoms with E-state index in [1.54, 1.807) is 24.3 Å². The van der Waals surface area contributed by atoms with Crippen molar-refractivity contribution >= 4 is 33.2 Å². The van der Waals surface area contributed by atoms with Crippen molar-refractivity contribution in [3.8, 4) is 11.8 Å². The molecule has 2 aromatic carbocycles. The summed E-state index contributed by atoms with van der Waals surface area (Å²) in [6.45, 7) is -1.31. The highest BCUT2D eigenvalue weighted by atomic mass is 35.5. The first-order chi connectivity index (χ1) is 13.2. The number of hydrogen-bond donors (Lipinski definition) is 2. The number of nitrogens with zero attached hydrogens (tertiary/aromatic N) is 2. The average Bonchev–Trinajstić information content (AvgIpc) is 3.01. The van der Waals surface area contributed by atoms with Gasteiger partial charge >= 0.3 is 0 Å². The molecule has 0 aliphatic carbocycles. The Morgan fingerprint density at radius 2 is 1.86 bits per heavy atom. The lowest BCUT2D eigenvalue weighted by Gasteiger charge is -2.27. The highest BCUT2D eigenvalue weighted by Gasteiger charge is 2.51. The Balaban J connectivity index is 1.91. The SMILES string of the molecule is N#Cc1cc(Cl)ccc1S(=O)(=O)N1C[C@H](Oc2ccc(Cl)cc2)[C@](O)(CO)C1. The van der Waals surface area contributed by atoms with Crippen LogP contribution in [-0.2, 0) is 10.0 Å². The lowest BCUT2D eigenvalue weighted by molar-refractivity contribution is -0.0640. The zero-order valence-electron chi connectivity index (χ0n) is 14.4. The molecule has 2 N–H and O–H groups in total. The third kappa shape index (κ3) is 3.96. The van der Waals surface area contributed by atoms with Crippen LogP contribution in [0.3, 0.4) is 0 Å². The summed E-state index contributed by atoms with van der Waals surface area (Å²) in [4.78, 5) is -0.230. The number of ether oxygens (including phenoxy) is 1. The Bertz CT molecular complexity index is 1020. The van der Waals surface area contributed by atoms with Crippen molar-refractivity contribution in [3.63, 3.8) is 0 Å². The highest BCUT2D eigenvalue weighted by Crippen LogP contribution is 2.32. The third-order valence-electron chi connectivity index (χ3n) is 4.46. The van der Waals surface area contributed by atoms with Gasteiger partial charge in [0.1, 0.15) is 28.4 Å². The van der Waals surface area contributed by atoms with Crippen LogP contribution in [0.2, 0.25) is 10.0 Å². The molecule has 0 bridgehead atoms. The molecule has 3 rings (SSSR count). The van der Waals surface area contributed by atoms with Crippen LogP contribution in [0.15, 0.2) is 47.4 Å². The molecule has 1 saturated heterocycles. The molecule has 148 valence electrons. The largest absolute Gasteiger partial charge is 0.486 e. The molecule has 1 fully saturated rings. The number of nitriles is 1. The number of hydrogen-bond acceptors (Lipinski definition) is 6. The predicted molar refractivity (Wildman–Crippen MR) is 103 cm³/mol. The van der Waals surface area contributed by atoms with Gasteiger partial charge in [-0.3, -0.25) is 0 Å². The van der Waals surface area contributed by atoms with Gasteiger partial charge in [0, 0.05) is 16.6 Å². The highest BCUT2D eigenvalue weighted by molar-refractivity contribution is 7.89. The fourth-order valence-corrected chi connectivity index (χ4v) is 4.86. The van der Waals surface area contributed by atoms with Gasteiger partial charge in [0.05, 0.1) is 18.7 Å². The number of rotatable bonds is 5. The molecule has 28 heavy (non-hydrogen) atoms. The monoisotopic (exact) mass is 442 g/mol. The zero-order chi connectivity index (χ0) is 20.5. The molecule has 10 heteroatoms. The molecular formula is C18H16Cl2N2O5S. The van der Waals surface area contributed by atoms with Crippen molar-refractivity contribution in [1.82, 2.24) is 4.31 Å². The van der Waals surface area contributed by atoms with Gasteiger partial charge < -0.3 is 14.9 Å². The quantitative estimate of drug-likeness (QED) is 0.732. The zero-order valence-corrected chi connectivity index (χ0v) is 16.7. The molecular weight excluding hydrogens is 427 g/mol. The van der Waals surface area contributed by atoms with E-state index >= 15 is 0 Å². The second kappa shape index (κ2) is 7.87. The molecule has 2 aromatic rings. The van der Waals surface area contributed by atoms with Crippen LogP contribution in [0.1, 0.15) is 5.56 Å². The number of aliphatic hydroxyl groups is 2. The fraction of sp³-hybridized carbons (Fsp3) is 0.278. The molecule has 0 amide bonds.